The van der Waals surface area contributed by atoms with Crippen LogP contribution < -0.4 is 5.32 Å². The second kappa shape index (κ2) is 5.96. The summed E-state index contributed by atoms with van der Waals surface area (Å²) in [6.07, 6.45) is 5.72. The van der Waals surface area contributed by atoms with Gasteiger partial charge in [0.2, 0.25) is 0 Å². The van der Waals surface area contributed by atoms with Gasteiger partial charge in [0.25, 0.3) is 0 Å². The Morgan fingerprint density at radius 2 is 2.28 bits per heavy atom. The molecule has 1 aliphatic heterocycles. The van der Waals surface area contributed by atoms with Gasteiger partial charge in [-0.2, -0.15) is 0 Å². The third-order valence-electron chi connectivity index (χ3n) is 3.10. The third-order valence-corrected chi connectivity index (χ3v) is 3.10. The van der Waals surface area contributed by atoms with Gasteiger partial charge in [-0.05, 0) is 44.0 Å². The van der Waals surface area contributed by atoms with Crippen LogP contribution in [0.15, 0.2) is 30.5 Å². The van der Waals surface area contributed by atoms with E-state index in [0.29, 0.717) is 12.1 Å². The standard InChI is InChI=1S/C14H17F2NO/c1-10(13-8-11(15)5-6-14(13)16)17-9-12-4-2-3-7-18-12/h3,5-8,10,12,17H,2,4,9H2,1H3. The Labute approximate surface area is 106 Å². The molecule has 0 aromatic heterocycles. The smallest absolute Gasteiger partial charge is 0.128 e. The first kappa shape index (κ1) is 13.0. The van der Waals surface area contributed by atoms with Crippen LogP contribution in [0.2, 0.25) is 0 Å². The summed E-state index contributed by atoms with van der Waals surface area (Å²) in [6, 6.07) is 3.27. The molecule has 0 saturated heterocycles. The Hall–Kier alpha value is -1.42. The van der Waals surface area contributed by atoms with Gasteiger partial charge < -0.3 is 10.1 Å². The van der Waals surface area contributed by atoms with E-state index in [9.17, 15) is 8.78 Å². The minimum absolute atomic E-state index is 0.106. The van der Waals surface area contributed by atoms with Crippen molar-refractivity contribution in [3.8, 4) is 0 Å². The van der Waals surface area contributed by atoms with Crippen LogP contribution >= 0.6 is 0 Å². The second-order valence-electron chi connectivity index (χ2n) is 4.50. The highest BCUT2D eigenvalue weighted by molar-refractivity contribution is 5.21. The zero-order chi connectivity index (χ0) is 13.0. The summed E-state index contributed by atoms with van der Waals surface area (Å²) in [5, 5.41) is 3.17. The molecule has 2 atom stereocenters. The maximum Gasteiger partial charge on any atom is 0.128 e. The Kier molecular flexibility index (Phi) is 4.31. The maximum atomic E-state index is 13.5. The molecule has 0 spiro atoms. The summed E-state index contributed by atoms with van der Waals surface area (Å²) in [7, 11) is 0. The Bertz CT molecular complexity index is 434. The lowest BCUT2D eigenvalue weighted by atomic mass is 10.1. The molecule has 2 rings (SSSR count). The number of benzene rings is 1. The van der Waals surface area contributed by atoms with Gasteiger partial charge in [0.05, 0.1) is 6.26 Å². The van der Waals surface area contributed by atoms with E-state index in [4.69, 9.17) is 4.74 Å². The van der Waals surface area contributed by atoms with E-state index in [1.165, 1.54) is 6.07 Å². The predicted molar refractivity (Wildman–Crippen MR) is 66.0 cm³/mol. The molecule has 98 valence electrons. The highest BCUT2D eigenvalue weighted by Crippen LogP contribution is 2.18. The summed E-state index contributed by atoms with van der Waals surface area (Å²) in [5.74, 6) is -0.808. The number of hydrogen-bond donors (Lipinski definition) is 1. The summed E-state index contributed by atoms with van der Waals surface area (Å²) in [6.45, 7) is 2.44. The van der Waals surface area contributed by atoms with Crippen LogP contribution in [-0.2, 0) is 4.74 Å². The quantitative estimate of drug-likeness (QED) is 0.889. The van der Waals surface area contributed by atoms with E-state index in [2.05, 4.69) is 5.32 Å². The van der Waals surface area contributed by atoms with Gasteiger partial charge in [-0.3, -0.25) is 0 Å². The molecule has 1 N–H and O–H groups in total. The lowest BCUT2D eigenvalue weighted by Gasteiger charge is -2.22. The summed E-state index contributed by atoms with van der Waals surface area (Å²) in [4.78, 5) is 0. The first-order valence-electron chi connectivity index (χ1n) is 6.15. The fourth-order valence-electron chi connectivity index (χ4n) is 2.00. The molecular formula is C14H17F2NO. The minimum Gasteiger partial charge on any atom is -0.497 e. The molecule has 1 aliphatic rings. The first-order valence-corrected chi connectivity index (χ1v) is 6.15. The molecule has 4 heteroatoms. The molecule has 18 heavy (non-hydrogen) atoms. The lowest BCUT2D eigenvalue weighted by molar-refractivity contribution is 0.119. The van der Waals surface area contributed by atoms with E-state index in [1.807, 2.05) is 13.0 Å². The van der Waals surface area contributed by atoms with Crippen LogP contribution in [0.3, 0.4) is 0 Å². The molecule has 0 radical (unpaired) electrons. The Morgan fingerprint density at radius 1 is 1.44 bits per heavy atom. The SMILES string of the molecule is CC(NCC1CCC=CO1)c1cc(F)ccc1F. The van der Waals surface area contributed by atoms with Crippen LogP contribution in [0.25, 0.3) is 0 Å². The zero-order valence-corrected chi connectivity index (χ0v) is 10.3. The van der Waals surface area contributed by atoms with Gasteiger partial charge in [-0.25, -0.2) is 8.78 Å². The zero-order valence-electron chi connectivity index (χ0n) is 10.3. The average molecular weight is 253 g/mol. The molecule has 0 fully saturated rings. The van der Waals surface area contributed by atoms with Gasteiger partial charge in [-0.1, -0.05) is 0 Å². The second-order valence-corrected chi connectivity index (χ2v) is 4.50. The first-order chi connectivity index (χ1) is 8.66. The van der Waals surface area contributed by atoms with Crippen molar-refractivity contribution in [1.82, 2.24) is 5.32 Å². The molecule has 0 aliphatic carbocycles. The van der Waals surface area contributed by atoms with Crippen molar-refractivity contribution >= 4 is 0 Å². The monoisotopic (exact) mass is 253 g/mol. The fourth-order valence-corrected chi connectivity index (χ4v) is 2.00. The van der Waals surface area contributed by atoms with Crippen LogP contribution in [0.1, 0.15) is 31.4 Å². The van der Waals surface area contributed by atoms with E-state index in [1.54, 1.807) is 6.26 Å². The third kappa shape index (κ3) is 3.29. The van der Waals surface area contributed by atoms with Crippen molar-refractivity contribution in [2.45, 2.75) is 31.9 Å². The summed E-state index contributed by atoms with van der Waals surface area (Å²) >= 11 is 0. The van der Waals surface area contributed by atoms with Crippen molar-refractivity contribution in [2.75, 3.05) is 6.54 Å². The number of allylic oxidation sites excluding steroid dienone is 1. The van der Waals surface area contributed by atoms with E-state index >= 15 is 0 Å². The number of hydrogen-bond acceptors (Lipinski definition) is 2. The molecule has 2 nitrogen and oxygen atoms in total. The molecule has 1 aromatic rings. The van der Waals surface area contributed by atoms with Crippen molar-refractivity contribution in [1.29, 1.82) is 0 Å². The van der Waals surface area contributed by atoms with Crippen molar-refractivity contribution < 1.29 is 13.5 Å². The molecule has 2 unspecified atom stereocenters. The van der Waals surface area contributed by atoms with Crippen molar-refractivity contribution in [3.63, 3.8) is 0 Å². The largest absolute Gasteiger partial charge is 0.497 e. The van der Waals surface area contributed by atoms with Gasteiger partial charge >= 0.3 is 0 Å². The van der Waals surface area contributed by atoms with E-state index in [-0.39, 0.29) is 18.0 Å². The van der Waals surface area contributed by atoms with Crippen LogP contribution in [0.5, 0.6) is 0 Å². The Morgan fingerprint density at radius 3 is 3.00 bits per heavy atom. The van der Waals surface area contributed by atoms with Crippen LogP contribution in [0, 0.1) is 11.6 Å². The predicted octanol–water partition coefficient (Wildman–Crippen LogP) is 3.31. The fraction of sp³-hybridized carbons (Fsp3) is 0.429. The normalized spacial score (nSPS) is 20.5. The topological polar surface area (TPSA) is 21.3 Å². The van der Waals surface area contributed by atoms with E-state index < -0.39 is 5.82 Å². The van der Waals surface area contributed by atoms with Crippen LogP contribution in [0.4, 0.5) is 8.78 Å². The van der Waals surface area contributed by atoms with Gasteiger partial charge in [-0.15, -0.1) is 0 Å². The van der Waals surface area contributed by atoms with Gasteiger partial charge in [0.1, 0.15) is 17.7 Å². The molecule has 0 bridgehead atoms. The van der Waals surface area contributed by atoms with Crippen molar-refractivity contribution in [3.05, 3.63) is 47.7 Å². The molecule has 1 aromatic carbocycles. The van der Waals surface area contributed by atoms with Crippen molar-refractivity contribution in [2.24, 2.45) is 0 Å². The minimum atomic E-state index is -0.420. The maximum absolute atomic E-state index is 13.5. The van der Waals surface area contributed by atoms with Gasteiger partial charge in [0.15, 0.2) is 0 Å². The van der Waals surface area contributed by atoms with Crippen LogP contribution in [-0.4, -0.2) is 12.6 Å². The lowest BCUT2D eigenvalue weighted by Crippen LogP contribution is -2.31. The highest BCUT2D eigenvalue weighted by atomic mass is 19.1. The highest BCUT2D eigenvalue weighted by Gasteiger charge is 2.15. The summed E-state index contributed by atoms with van der Waals surface area (Å²) < 4.78 is 32.0. The summed E-state index contributed by atoms with van der Waals surface area (Å²) in [5.41, 5.74) is 0.348. The molecule has 0 saturated carbocycles. The molecule has 1 heterocycles. The number of halogens is 2. The number of nitrogens with one attached hydrogen (secondary N) is 1. The Balaban J connectivity index is 1.92. The van der Waals surface area contributed by atoms with Gasteiger partial charge in [0, 0.05) is 18.2 Å². The number of ether oxygens (including phenoxy) is 1. The molecule has 0 amide bonds. The number of rotatable bonds is 4. The van der Waals surface area contributed by atoms with E-state index in [0.717, 1.165) is 25.0 Å². The average Bonchev–Trinajstić information content (AvgIpc) is 2.40. The molecular weight excluding hydrogens is 236 g/mol.